The van der Waals surface area contributed by atoms with Crippen LogP contribution >= 0.6 is 0 Å². The highest BCUT2D eigenvalue weighted by Crippen LogP contribution is 2.18. The van der Waals surface area contributed by atoms with Crippen LogP contribution in [0.5, 0.6) is 0 Å². The predicted molar refractivity (Wildman–Crippen MR) is 76.3 cm³/mol. The lowest BCUT2D eigenvalue weighted by atomic mass is 10.1. The Balaban J connectivity index is 2.26. The van der Waals surface area contributed by atoms with Crippen molar-refractivity contribution in [2.75, 3.05) is 4.72 Å². The maximum atomic E-state index is 13.0. The van der Waals surface area contributed by atoms with Gasteiger partial charge in [-0.25, -0.2) is 12.8 Å². The van der Waals surface area contributed by atoms with Crippen LogP contribution in [0, 0.1) is 5.82 Å². The summed E-state index contributed by atoms with van der Waals surface area (Å²) in [5, 5.41) is 0. The Bertz CT molecular complexity index is 697. The first kappa shape index (κ1) is 14.5. The topological polar surface area (TPSA) is 72.2 Å². The Hall–Kier alpha value is -1.92. The van der Waals surface area contributed by atoms with Crippen molar-refractivity contribution < 1.29 is 12.8 Å². The van der Waals surface area contributed by atoms with Crippen LogP contribution in [0.3, 0.4) is 0 Å². The van der Waals surface area contributed by atoms with Crippen molar-refractivity contribution in [2.45, 2.75) is 17.9 Å². The highest BCUT2D eigenvalue weighted by molar-refractivity contribution is 7.92. The highest BCUT2D eigenvalue weighted by atomic mass is 32.2. The zero-order valence-corrected chi connectivity index (χ0v) is 11.7. The summed E-state index contributed by atoms with van der Waals surface area (Å²) >= 11 is 0. The molecule has 0 aromatic heterocycles. The molecule has 2 rings (SSSR count). The number of benzene rings is 2. The molecule has 3 N–H and O–H groups in total. The number of hydrogen-bond acceptors (Lipinski definition) is 3. The summed E-state index contributed by atoms with van der Waals surface area (Å²) in [6.07, 6.45) is 0. The minimum absolute atomic E-state index is 0.103. The Kier molecular flexibility index (Phi) is 4.06. The summed E-state index contributed by atoms with van der Waals surface area (Å²) in [6.45, 7) is 1.81. The van der Waals surface area contributed by atoms with Crippen molar-refractivity contribution in [3.63, 3.8) is 0 Å². The minimum atomic E-state index is -3.73. The van der Waals surface area contributed by atoms with E-state index in [0.717, 1.165) is 11.6 Å². The van der Waals surface area contributed by atoms with Gasteiger partial charge in [-0.3, -0.25) is 4.72 Å². The largest absolute Gasteiger partial charge is 0.324 e. The van der Waals surface area contributed by atoms with Crippen molar-refractivity contribution in [3.05, 3.63) is 59.9 Å². The lowest BCUT2D eigenvalue weighted by Gasteiger charge is -2.10. The second kappa shape index (κ2) is 5.60. The fourth-order valence-electron chi connectivity index (χ4n) is 1.72. The molecular formula is C14H15FN2O2S. The van der Waals surface area contributed by atoms with Gasteiger partial charge in [0.1, 0.15) is 5.82 Å². The first-order valence-corrected chi connectivity index (χ1v) is 7.51. The Morgan fingerprint density at radius 3 is 2.35 bits per heavy atom. The van der Waals surface area contributed by atoms with E-state index < -0.39 is 15.8 Å². The molecule has 6 heteroatoms. The van der Waals surface area contributed by atoms with E-state index in [4.69, 9.17) is 5.73 Å². The fraction of sp³-hybridized carbons (Fsp3) is 0.143. The molecule has 0 aliphatic heterocycles. The van der Waals surface area contributed by atoms with E-state index in [2.05, 4.69) is 4.72 Å². The first-order chi connectivity index (χ1) is 9.38. The average Bonchev–Trinajstić information content (AvgIpc) is 2.38. The normalized spacial score (nSPS) is 12.9. The summed E-state index contributed by atoms with van der Waals surface area (Å²) < 4.78 is 39.6. The molecule has 0 saturated heterocycles. The minimum Gasteiger partial charge on any atom is -0.324 e. The molecule has 1 atom stereocenters. The van der Waals surface area contributed by atoms with Gasteiger partial charge in [-0.1, -0.05) is 18.2 Å². The third kappa shape index (κ3) is 3.34. The van der Waals surface area contributed by atoms with Crippen molar-refractivity contribution >= 4 is 15.7 Å². The number of rotatable bonds is 4. The lowest BCUT2D eigenvalue weighted by Crippen LogP contribution is -2.13. The Morgan fingerprint density at radius 2 is 1.80 bits per heavy atom. The smallest absolute Gasteiger partial charge is 0.261 e. The molecule has 0 heterocycles. The zero-order valence-electron chi connectivity index (χ0n) is 10.9. The highest BCUT2D eigenvalue weighted by Gasteiger charge is 2.14. The third-order valence-corrected chi connectivity index (χ3v) is 4.19. The van der Waals surface area contributed by atoms with Crippen LogP contribution in [0.1, 0.15) is 18.5 Å². The van der Waals surface area contributed by atoms with Gasteiger partial charge in [-0.15, -0.1) is 0 Å². The second-order valence-electron chi connectivity index (χ2n) is 4.47. The van der Waals surface area contributed by atoms with Crippen LogP contribution in [-0.2, 0) is 10.0 Å². The Labute approximate surface area is 117 Å². The van der Waals surface area contributed by atoms with Crippen molar-refractivity contribution in [3.8, 4) is 0 Å². The van der Waals surface area contributed by atoms with Gasteiger partial charge in [0, 0.05) is 6.04 Å². The molecular weight excluding hydrogens is 279 g/mol. The molecule has 0 radical (unpaired) electrons. The molecule has 4 nitrogen and oxygen atoms in total. The van der Waals surface area contributed by atoms with Crippen molar-refractivity contribution in [1.82, 2.24) is 0 Å². The fourth-order valence-corrected chi connectivity index (χ4v) is 2.77. The number of hydrogen-bond donors (Lipinski definition) is 2. The molecule has 1 unspecified atom stereocenters. The molecule has 0 spiro atoms. The summed E-state index contributed by atoms with van der Waals surface area (Å²) in [5.74, 6) is -0.502. The maximum Gasteiger partial charge on any atom is 0.261 e. The molecule has 0 amide bonds. The SMILES string of the molecule is CC(N)c1ccc(S(=O)(=O)Nc2cccc(F)c2)cc1. The monoisotopic (exact) mass is 294 g/mol. The second-order valence-corrected chi connectivity index (χ2v) is 6.16. The summed E-state index contributed by atoms with van der Waals surface area (Å²) in [7, 11) is -3.73. The average molecular weight is 294 g/mol. The van der Waals surface area contributed by atoms with E-state index in [0.29, 0.717) is 0 Å². The van der Waals surface area contributed by atoms with Gasteiger partial charge in [0.25, 0.3) is 10.0 Å². The van der Waals surface area contributed by atoms with E-state index >= 15 is 0 Å². The van der Waals surface area contributed by atoms with E-state index in [1.807, 2.05) is 6.92 Å². The number of anilines is 1. The van der Waals surface area contributed by atoms with Gasteiger partial charge in [0.15, 0.2) is 0 Å². The van der Waals surface area contributed by atoms with Crippen LogP contribution in [0.4, 0.5) is 10.1 Å². The van der Waals surface area contributed by atoms with Crippen LogP contribution < -0.4 is 10.5 Å². The van der Waals surface area contributed by atoms with Gasteiger partial charge in [-0.05, 0) is 42.8 Å². The molecule has 0 fully saturated rings. The molecule has 20 heavy (non-hydrogen) atoms. The van der Waals surface area contributed by atoms with Crippen LogP contribution in [0.15, 0.2) is 53.4 Å². The van der Waals surface area contributed by atoms with Gasteiger partial charge < -0.3 is 5.73 Å². The van der Waals surface area contributed by atoms with Gasteiger partial charge in [-0.2, -0.15) is 0 Å². The number of nitrogens with one attached hydrogen (secondary N) is 1. The van der Waals surface area contributed by atoms with E-state index in [-0.39, 0.29) is 16.6 Å². The molecule has 0 aliphatic rings. The summed E-state index contributed by atoms with van der Waals surface area (Å²) in [6, 6.07) is 11.4. The van der Waals surface area contributed by atoms with Crippen LogP contribution in [-0.4, -0.2) is 8.42 Å². The number of halogens is 1. The number of nitrogens with two attached hydrogens (primary N) is 1. The first-order valence-electron chi connectivity index (χ1n) is 6.02. The molecule has 0 aliphatic carbocycles. The molecule has 0 saturated carbocycles. The van der Waals surface area contributed by atoms with Crippen molar-refractivity contribution in [2.24, 2.45) is 5.73 Å². The van der Waals surface area contributed by atoms with E-state index in [1.165, 1.54) is 30.3 Å². The molecule has 0 bridgehead atoms. The van der Waals surface area contributed by atoms with Crippen LogP contribution in [0.2, 0.25) is 0 Å². The van der Waals surface area contributed by atoms with E-state index in [9.17, 15) is 12.8 Å². The summed E-state index contributed by atoms with van der Waals surface area (Å²) in [5.41, 5.74) is 6.73. The molecule has 2 aromatic carbocycles. The third-order valence-electron chi connectivity index (χ3n) is 2.79. The van der Waals surface area contributed by atoms with E-state index in [1.54, 1.807) is 12.1 Å². The lowest BCUT2D eigenvalue weighted by molar-refractivity contribution is 0.601. The standard InChI is InChI=1S/C14H15FN2O2S/c1-10(16)11-5-7-14(8-6-11)20(18,19)17-13-4-2-3-12(15)9-13/h2-10,17H,16H2,1H3. The maximum absolute atomic E-state index is 13.0. The van der Waals surface area contributed by atoms with Gasteiger partial charge >= 0.3 is 0 Å². The van der Waals surface area contributed by atoms with Crippen molar-refractivity contribution in [1.29, 1.82) is 0 Å². The van der Waals surface area contributed by atoms with Crippen LogP contribution in [0.25, 0.3) is 0 Å². The quantitative estimate of drug-likeness (QED) is 0.910. The predicted octanol–water partition coefficient (Wildman–Crippen LogP) is 2.65. The number of sulfonamides is 1. The van der Waals surface area contributed by atoms with Gasteiger partial charge in [0.05, 0.1) is 10.6 Å². The zero-order chi connectivity index (χ0) is 14.8. The molecule has 2 aromatic rings. The van der Waals surface area contributed by atoms with Gasteiger partial charge in [0.2, 0.25) is 0 Å². The molecule has 106 valence electrons. The Morgan fingerprint density at radius 1 is 1.15 bits per heavy atom. The summed E-state index contributed by atoms with van der Waals surface area (Å²) in [4.78, 5) is 0.103.